The molecule has 6 fully saturated rings. The third-order valence-electron chi connectivity index (χ3n) is 14.1. The number of anilines is 1. The predicted molar refractivity (Wildman–Crippen MR) is 178 cm³/mol. The maximum absolute atomic E-state index is 13.9. The van der Waals surface area contributed by atoms with E-state index in [1.807, 2.05) is 0 Å². The molecule has 14 atom stereocenters. The number of nitrogens with one attached hydrogen (secondary N) is 1. The summed E-state index contributed by atoms with van der Waals surface area (Å²) < 4.78 is 31.3. The van der Waals surface area contributed by atoms with Gasteiger partial charge in [-0.2, -0.15) is 0 Å². The van der Waals surface area contributed by atoms with Gasteiger partial charge >= 0.3 is 11.9 Å². The summed E-state index contributed by atoms with van der Waals surface area (Å²) in [5.74, 6) is -3.79. The van der Waals surface area contributed by atoms with E-state index in [2.05, 4.69) is 17.1 Å². The van der Waals surface area contributed by atoms with Gasteiger partial charge in [0.25, 0.3) is 0 Å². The number of hydrogen-bond acceptors (Lipinski definition) is 11. The third-order valence-corrected chi connectivity index (χ3v) is 14.1. The van der Waals surface area contributed by atoms with Crippen molar-refractivity contribution in [2.45, 2.75) is 87.6 Å². The molecule has 13 heteroatoms. The van der Waals surface area contributed by atoms with E-state index in [1.165, 1.54) is 6.92 Å². The maximum Gasteiger partial charge on any atom is 0.340 e. The summed E-state index contributed by atoms with van der Waals surface area (Å²) in [5, 5.41) is 38.4. The molecule has 0 radical (unpaired) electrons. The lowest BCUT2D eigenvalue weighted by Crippen LogP contribution is -2.82. The summed E-state index contributed by atoms with van der Waals surface area (Å²) in [5.41, 5.74) is -4.20. The van der Waals surface area contributed by atoms with Crippen LogP contribution in [0.25, 0.3) is 0 Å². The molecule has 7 bridgehead atoms. The fourth-order valence-electron chi connectivity index (χ4n) is 12.7. The van der Waals surface area contributed by atoms with Crippen LogP contribution in [-0.2, 0) is 33.3 Å². The number of hydrogen-bond donors (Lipinski definition) is 4. The topological polar surface area (TPSA) is 173 Å². The number of carbonyl (C=O) groups excluding carboxylic acids is 2. The minimum absolute atomic E-state index is 0.0270. The minimum atomic E-state index is -1.71. The van der Waals surface area contributed by atoms with Crippen LogP contribution in [0.3, 0.4) is 0 Å². The van der Waals surface area contributed by atoms with Crippen LogP contribution in [0.4, 0.5) is 5.69 Å². The third kappa shape index (κ3) is 4.46. The van der Waals surface area contributed by atoms with Crippen LogP contribution in [-0.4, -0.2) is 128 Å². The molecule has 1 aromatic rings. The largest absolute Gasteiger partial charge is 0.481 e. The first-order valence-corrected chi connectivity index (χ1v) is 17.9. The van der Waals surface area contributed by atoms with E-state index in [-0.39, 0.29) is 72.7 Å². The number of aliphatic carboxylic acids is 1. The molecule has 1 saturated heterocycles. The number of rotatable bonds is 12. The van der Waals surface area contributed by atoms with Gasteiger partial charge in [0.2, 0.25) is 5.91 Å². The van der Waals surface area contributed by atoms with Crippen molar-refractivity contribution in [1.82, 2.24) is 4.90 Å². The van der Waals surface area contributed by atoms with Crippen LogP contribution >= 0.6 is 0 Å². The van der Waals surface area contributed by atoms with E-state index in [9.17, 15) is 24.6 Å². The second kappa shape index (κ2) is 12.5. The van der Waals surface area contributed by atoms with E-state index in [0.717, 1.165) is 6.42 Å². The number of methoxy groups -OCH3 is 4. The van der Waals surface area contributed by atoms with Gasteiger partial charge in [-0.05, 0) is 43.9 Å². The number of amides is 1. The van der Waals surface area contributed by atoms with Gasteiger partial charge in [0, 0.05) is 75.9 Å². The van der Waals surface area contributed by atoms with Gasteiger partial charge < -0.3 is 44.3 Å². The molecule has 5 aliphatic carbocycles. The highest BCUT2D eigenvalue weighted by Crippen LogP contribution is 2.80. The number of esters is 1. The van der Waals surface area contributed by atoms with Crippen LogP contribution in [0.2, 0.25) is 0 Å². The van der Waals surface area contributed by atoms with Crippen molar-refractivity contribution in [3.05, 3.63) is 29.8 Å². The molecule has 1 amide bonds. The van der Waals surface area contributed by atoms with Crippen LogP contribution in [0.15, 0.2) is 24.3 Å². The lowest BCUT2D eigenvalue weighted by Gasteiger charge is -2.70. The second-order valence-corrected chi connectivity index (χ2v) is 15.8. The molecule has 3 unspecified atom stereocenters. The van der Waals surface area contributed by atoms with Gasteiger partial charge in [-0.15, -0.1) is 0 Å². The van der Waals surface area contributed by atoms with Crippen LogP contribution in [0, 0.1) is 40.4 Å². The lowest BCUT2D eigenvalue weighted by atomic mass is 9.42. The molecule has 276 valence electrons. The van der Waals surface area contributed by atoms with Gasteiger partial charge in [0.05, 0.1) is 54.7 Å². The Bertz CT molecular complexity index is 1530. The van der Waals surface area contributed by atoms with E-state index in [4.69, 9.17) is 28.8 Å². The van der Waals surface area contributed by atoms with E-state index in [0.29, 0.717) is 25.9 Å². The van der Waals surface area contributed by atoms with Gasteiger partial charge in [-0.3, -0.25) is 14.5 Å². The number of likely N-dealkylation sites (tertiary alicyclic amines) is 1. The summed E-state index contributed by atoms with van der Waals surface area (Å²) >= 11 is 0. The van der Waals surface area contributed by atoms with Gasteiger partial charge in [0.15, 0.2) is 0 Å². The van der Waals surface area contributed by atoms with Gasteiger partial charge in [-0.1, -0.05) is 26.0 Å². The van der Waals surface area contributed by atoms with Crippen LogP contribution in [0.1, 0.15) is 56.3 Å². The summed E-state index contributed by atoms with van der Waals surface area (Å²) in [6, 6.07) is 6.05. The zero-order chi connectivity index (χ0) is 36.0. The quantitative estimate of drug-likeness (QED) is 0.235. The van der Waals surface area contributed by atoms with Crippen LogP contribution < -0.4 is 5.32 Å². The smallest absolute Gasteiger partial charge is 0.340 e. The molecular formula is C37H52N2O11. The first-order chi connectivity index (χ1) is 23.8. The van der Waals surface area contributed by atoms with E-state index in [1.54, 1.807) is 52.7 Å². The Morgan fingerprint density at radius 1 is 1.06 bits per heavy atom. The average molecular weight is 701 g/mol. The number of para-hydroxylation sites is 1. The summed E-state index contributed by atoms with van der Waals surface area (Å²) in [4.78, 5) is 40.2. The molecule has 4 N–H and O–H groups in total. The average Bonchev–Trinajstić information content (AvgIpc) is 3.52. The monoisotopic (exact) mass is 700 g/mol. The normalized spacial score (nSPS) is 44.4. The fourth-order valence-corrected chi connectivity index (χ4v) is 12.7. The number of piperidine rings is 1. The highest BCUT2D eigenvalue weighted by molar-refractivity contribution is 6.02. The van der Waals surface area contributed by atoms with Crippen molar-refractivity contribution >= 4 is 23.5 Å². The fraction of sp³-hybridized carbons (Fsp3) is 0.757. The molecule has 1 spiro atoms. The molecule has 5 saturated carbocycles. The van der Waals surface area contributed by atoms with Gasteiger partial charge in [0.1, 0.15) is 11.2 Å². The summed E-state index contributed by atoms with van der Waals surface area (Å²) in [7, 11) is 6.66. The molecule has 6 aliphatic rings. The Hall–Kier alpha value is -2.65. The van der Waals surface area contributed by atoms with Crippen molar-refractivity contribution in [2.75, 3.05) is 53.5 Å². The lowest BCUT2D eigenvalue weighted by molar-refractivity contribution is -0.320. The van der Waals surface area contributed by atoms with Crippen molar-refractivity contribution in [1.29, 1.82) is 0 Å². The Kier molecular flexibility index (Phi) is 8.93. The Labute approximate surface area is 292 Å². The number of carbonyl (C=O) groups is 3. The zero-order valence-corrected chi connectivity index (χ0v) is 29.8. The molecule has 1 aromatic carbocycles. The highest BCUT2D eigenvalue weighted by atomic mass is 16.5. The van der Waals surface area contributed by atoms with Gasteiger partial charge in [-0.25, -0.2) is 4.79 Å². The Morgan fingerprint density at radius 2 is 1.80 bits per heavy atom. The number of fused-ring (bicyclic) bond motifs is 2. The molecule has 50 heavy (non-hydrogen) atoms. The number of nitrogens with zero attached hydrogens (tertiary/aromatic N) is 1. The van der Waals surface area contributed by atoms with Crippen molar-refractivity contribution in [2.24, 2.45) is 40.4 Å². The number of aliphatic hydroxyl groups is 2. The second-order valence-electron chi connectivity index (χ2n) is 15.8. The highest BCUT2D eigenvalue weighted by Gasteiger charge is 2.91. The van der Waals surface area contributed by atoms with Crippen LogP contribution in [0.5, 0.6) is 0 Å². The maximum atomic E-state index is 13.9. The van der Waals surface area contributed by atoms with Crippen molar-refractivity contribution in [3.8, 4) is 0 Å². The molecule has 7 rings (SSSR count). The van der Waals surface area contributed by atoms with E-state index < -0.39 is 57.9 Å². The standard InChI is InChI=1S/C37H52N2O11/c1-7-39-17-34(18-50-32(43)20-10-8-9-11-23(20)38-31(42)19(2)14-26(40)41)13-12-25(47-4)36-22-15-21-24(46-3)16-35(44,27(22)28(21)48-5)37(45,33(36)39)30(49-6)29(34)36/h8-11,19,21-22,24-25,27-30,33,44-45H,7,12-18H2,1-6H3,(H,38,42)(H,40,41)/t19-,21+,22?,24-,25-,27?,28-,29+,30-,33?,34-,35+,36-,37-/m0/s1. The van der Waals surface area contributed by atoms with Crippen molar-refractivity contribution in [3.63, 3.8) is 0 Å². The first kappa shape index (κ1) is 35.7. The SMILES string of the molecule is CCN1C[C@]2(COC(=O)c3ccccc3NC(=O)[C@@H](C)CC(=O)O)CC[C@H](OC)[C@]34C5C[C@@H]6[C@@H](OC)C[C@@](O)(C5[C@H]6OC)[C@@](O)(C13)[C@@H](OC)[C@H]24. The van der Waals surface area contributed by atoms with Crippen molar-refractivity contribution < 1.29 is 53.4 Å². The Balaban J connectivity index is 1.29. The number of carboxylic acids is 1. The zero-order valence-electron chi connectivity index (χ0n) is 29.8. The molecule has 13 nitrogen and oxygen atoms in total. The number of benzene rings is 1. The molecule has 0 aromatic heterocycles. The minimum Gasteiger partial charge on any atom is -0.481 e. The summed E-state index contributed by atoms with van der Waals surface area (Å²) in [6.45, 7) is 4.72. The number of carboxylic acid groups (broad SMARTS) is 1. The van der Waals surface area contributed by atoms with E-state index >= 15 is 0 Å². The Morgan fingerprint density at radius 3 is 2.44 bits per heavy atom. The molecule has 1 heterocycles. The number of ether oxygens (including phenoxy) is 5. The summed E-state index contributed by atoms with van der Waals surface area (Å²) in [6.07, 6.45) is 0.295. The number of likely N-dealkylation sites (N-methyl/N-ethyl adjacent to an activating group) is 1. The molecule has 1 aliphatic heterocycles. The first-order valence-electron chi connectivity index (χ1n) is 17.9. The predicted octanol–water partition coefficient (Wildman–Crippen LogP) is 2.19. The molecular weight excluding hydrogens is 648 g/mol.